The van der Waals surface area contributed by atoms with Crippen LogP contribution in [0.2, 0.25) is 0 Å². The van der Waals surface area contributed by atoms with Crippen molar-refractivity contribution >= 4 is 33.3 Å². The molecule has 1 heterocycles. The SMILES string of the molecule is O=C(COc1ccc(C(=O)c2cccc(Br)c2)cc1)Nc1cccnc1. The zero-order valence-electron chi connectivity index (χ0n) is 13.7. The van der Waals surface area contributed by atoms with E-state index in [1.807, 2.05) is 12.1 Å². The van der Waals surface area contributed by atoms with Crippen molar-refractivity contribution in [3.05, 3.63) is 88.7 Å². The van der Waals surface area contributed by atoms with Crippen LogP contribution in [0.15, 0.2) is 77.5 Å². The summed E-state index contributed by atoms with van der Waals surface area (Å²) in [7, 11) is 0. The molecule has 0 aliphatic carbocycles. The molecule has 0 saturated heterocycles. The van der Waals surface area contributed by atoms with Crippen molar-refractivity contribution in [3.63, 3.8) is 0 Å². The number of benzene rings is 2. The molecule has 0 saturated carbocycles. The molecule has 130 valence electrons. The summed E-state index contributed by atoms with van der Waals surface area (Å²) in [5, 5.41) is 2.68. The van der Waals surface area contributed by atoms with Crippen LogP contribution in [0.4, 0.5) is 5.69 Å². The van der Waals surface area contributed by atoms with E-state index < -0.39 is 0 Å². The molecule has 3 rings (SSSR count). The summed E-state index contributed by atoms with van der Waals surface area (Å²) >= 11 is 3.36. The van der Waals surface area contributed by atoms with E-state index >= 15 is 0 Å². The predicted octanol–water partition coefficient (Wildman–Crippen LogP) is 4.09. The van der Waals surface area contributed by atoms with Crippen molar-refractivity contribution in [1.82, 2.24) is 4.98 Å². The highest BCUT2D eigenvalue weighted by molar-refractivity contribution is 9.10. The fraction of sp³-hybridized carbons (Fsp3) is 0.0500. The molecular weight excluding hydrogens is 396 g/mol. The molecule has 0 radical (unpaired) electrons. The fourth-order valence-electron chi connectivity index (χ4n) is 2.28. The third-order valence-electron chi connectivity index (χ3n) is 3.52. The van der Waals surface area contributed by atoms with Crippen LogP contribution in [-0.2, 0) is 4.79 Å². The van der Waals surface area contributed by atoms with Gasteiger partial charge in [0, 0.05) is 21.8 Å². The van der Waals surface area contributed by atoms with E-state index in [1.165, 1.54) is 0 Å². The van der Waals surface area contributed by atoms with Crippen molar-refractivity contribution in [2.45, 2.75) is 0 Å². The Kier molecular flexibility index (Phi) is 5.76. The number of carbonyl (C=O) groups excluding carboxylic acids is 2. The standard InChI is InChI=1S/C20H15BrN2O3/c21-16-4-1-3-15(11-16)20(25)14-6-8-18(9-7-14)26-13-19(24)23-17-5-2-10-22-12-17/h1-12H,13H2,(H,23,24). The topological polar surface area (TPSA) is 68.3 Å². The van der Waals surface area contributed by atoms with Crippen molar-refractivity contribution in [3.8, 4) is 5.75 Å². The first kappa shape index (κ1) is 17.8. The van der Waals surface area contributed by atoms with Gasteiger partial charge in [-0.05, 0) is 48.5 Å². The van der Waals surface area contributed by atoms with Crippen LogP contribution in [0.5, 0.6) is 5.75 Å². The van der Waals surface area contributed by atoms with Crippen LogP contribution >= 0.6 is 15.9 Å². The number of ether oxygens (including phenoxy) is 1. The average Bonchev–Trinajstić information content (AvgIpc) is 2.67. The van der Waals surface area contributed by atoms with Crippen LogP contribution in [0.1, 0.15) is 15.9 Å². The van der Waals surface area contributed by atoms with Crippen molar-refractivity contribution in [2.75, 3.05) is 11.9 Å². The predicted molar refractivity (Wildman–Crippen MR) is 102 cm³/mol. The molecule has 2 aromatic carbocycles. The molecule has 5 nitrogen and oxygen atoms in total. The monoisotopic (exact) mass is 410 g/mol. The summed E-state index contributed by atoms with van der Waals surface area (Å²) in [6.07, 6.45) is 3.18. The first-order chi connectivity index (χ1) is 12.6. The average molecular weight is 411 g/mol. The summed E-state index contributed by atoms with van der Waals surface area (Å²) < 4.78 is 6.30. The van der Waals surface area contributed by atoms with Gasteiger partial charge in [0.15, 0.2) is 12.4 Å². The number of ketones is 1. The number of carbonyl (C=O) groups is 2. The molecule has 6 heteroatoms. The van der Waals surface area contributed by atoms with Gasteiger partial charge in [-0.2, -0.15) is 0 Å². The Morgan fingerprint density at radius 2 is 1.81 bits per heavy atom. The molecule has 0 fully saturated rings. The highest BCUT2D eigenvalue weighted by atomic mass is 79.9. The smallest absolute Gasteiger partial charge is 0.262 e. The molecule has 26 heavy (non-hydrogen) atoms. The second-order valence-corrected chi connectivity index (χ2v) is 6.36. The minimum atomic E-state index is -0.285. The Morgan fingerprint density at radius 1 is 1.00 bits per heavy atom. The van der Waals surface area contributed by atoms with Gasteiger partial charge in [-0.25, -0.2) is 0 Å². The van der Waals surface area contributed by atoms with Crippen molar-refractivity contribution in [1.29, 1.82) is 0 Å². The van der Waals surface area contributed by atoms with E-state index in [2.05, 4.69) is 26.2 Å². The van der Waals surface area contributed by atoms with Gasteiger partial charge in [0.05, 0.1) is 11.9 Å². The van der Waals surface area contributed by atoms with Gasteiger partial charge >= 0.3 is 0 Å². The summed E-state index contributed by atoms with van der Waals surface area (Å²) in [5.74, 6) is 0.150. The lowest BCUT2D eigenvalue weighted by atomic mass is 10.0. The van der Waals surface area contributed by atoms with Crippen LogP contribution in [0, 0.1) is 0 Å². The van der Waals surface area contributed by atoms with Gasteiger partial charge in [-0.15, -0.1) is 0 Å². The van der Waals surface area contributed by atoms with E-state index in [0.29, 0.717) is 22.6 Å². The molecule has 0 aliphatic rings. The number of pyridine rings is 1. The zero-order valence-corrected chi connectivity index (χ0v) is 15.3. The maximum atomic E-state index is 12.4. The van der Waals surface area contributed by atoms with Gasteiger partial charge in [0.25, 0.3) is 5.91 Å². The molecule has 1 aromatic heterocycles. The second-order valence-electron chi connectivity index (χ2n) is 5.44. The number of nitrogens with zero attached hydrogens (tertiary/aromatic N) is 1. The number of hydrogen-bond donors (Lipinski definition) is 1. The normalized spacial score (nSPS) is 10.2. The third-order valence-corrected chi connectivity index (χ3v) is 4.01. The number of nitrogens with one attached hydrogen (secondary N) is 1. The van der Waals surface area contributed by atoms with E-state index in [4.69, 9.17) is 4.74 Å². The number of hydrogen-bond acceptors (Lipinski definition) is 4. The lowest BCUT2D eigenvalue weighted by molar-refractivity contribution is -0.118. The second kappa shape index (κ2) is 8.40. The first-order valence-electron chi connectivity index (χ1n) is 7.85. The number of rotatable bonds is 6. The molecule has 0 bridgehead atoms. The lowest BCUT2D eigenvalue weighted by Crippen LogP contribution is -2.20. The number of amides is 1. The number of aromatic nitrogens is 1. The highest BCUT2D eigenvalue weighted by Crippen LogP contribution is 2.18. The maximum Gasteiger partial charge on any atom is 0.262 e. The van der Waals surface area contributed by atoms with E-state index in [-0.39, 0.29) is 18.3 Å². The molecule has 0 atom stereocenters. The summed E-state index contributed by atoms with van der Waals surface area (Å²) in [6, 6.07) is 17.4. The minimum Gasteiger partial charge on any atom is -0.484 e. The quantitative estimate of drug-likeness (QED) is 0.621. The first-order valence-corrected chi connectivity index (χ1v) is 8.64. The van der Waals surface area contributed by atoms with Gasteiger partial charge in [-0.3, -0.25) is 14.6 Å². The zero-order chi connectivity index (χ0) is 18.4. The van der Waals surface area contributed by atoms with Gasteiger partial charge < -0.3 is 10.1 Å². The van der Waals surface area contributed by atoms with Crippen LogP contribution in [0.25, 0.3) is 0 Å². The molecule has 0 spiro atoms. The van der Waals surface area contributed by atoms with E-state index in [0.717, 1.165) is 4.47 Å². The molecular formula is C20H15BrN2O3. The Morgan fingerprint density at radius 3 is 2.50 bits per heavy atom. The van der Waals surface area contributed by atoms with Gasteiger partial charge in [-0.1, -0.05) is 28.1 Å². The van der Waals surface area contributed by atoms with Gasteiger partial charge in [0.2, 0.25) is 0 Å². The molecule has 0 aliphatic heterocycles. The molecule has 1 amide bonds. The lowest BCUT2D eigenvalue weighted by Gasteiger charge is -2.08. The Bertz CT molecular complexity index is 912. The maximum absolute atomic E-state index is 12.4. The summed E-state index contributed by atoms with van der Waals surface area (Å²) in [6.45, 7) is -0.131. The molecule has 0 unspecified atom stereocenters. The largest absolute Gasteiger partial charge is 0.484 e. The third kappa shape index (κ3) is 4.77. The van der Waals surface area contributed by atoms with Crippen molar-refractivity contribution in [2.24, 2.45) is 0 Å². The van der Waals surface area contributed by atoms with Crippen LogP contribution in [0.3, 0.4) is 0 Å². The Labute approximate surface area is 159 Å². The molecule has 1 N–H and O–H groups in total. The van der Waals surface area contributed by atoms with Crippen LogP contribution < -0.4 is 10.1 Å². The Hall–Kier alpha value is -2.99. The fourth-order valence-corrected chi connectivity index (χ4v) is 2.68. The summed E-state index contributed by atoms with van der Waals surface area (Å²) in [4.78, 5) is 28.2. The van der Waals surface area contributed by atoms with Crippen LogP contribution in [-0.4, -0.2) is 23.3 Å². The summed E-state index contributed by atoms with van der Waals surface area (Å²) in [5.41, 5.74) is 1.76. The van der Waals surface area contributed by atoms with E-state index in [9.17, 15) is 9.59 Å². The Balaban J connectivity index is 1.57. The highest BCUT2D eigenvalue weighted by Gasteiger charge is 2.10. The number of halogens is 1. The van der Waals surface area contributed by atoms with Crippen molar-refractivity contribution < 1.29 is 14.3 Å². The minimum absolute atomic E-state index is 0.0767. The molecule has 3 aromatic rings. The van der Waals surface area contributed by atoms with E-state index in [1.54, 1.807) is 60.9 Å². The van der Waals surface area contributed by atoms with Gasteiger partial charge in [0.1, 0.15) is 5.75 Å². The number of anilines is 1.